The number of nitrogens with zero attached hydrogens (tertiary/aromatic N) is 2. The Balaban J connectivity index is 1.68. The Morgan fingerprint density at radius 1 is 1.19 bits per heavy atom. The number of nitrogen functional groups attached to an aromatic ring is 1. The number of carbonyl (C=O) groups excluding carboxylic acids is 1. The van der Waals surface area contributed by atoms with Gasteiger partial charge < -0.3 is 30.2 Å². The van der Waals surface area contributed by atoms with Crippen LogP contribution in [0.15, 0.2) is 24.3 Å². The molecule has 27 heavy (non-hydrogen) atoms. The number of benzene rings is 1. The third-order valence-electron chi connectivity index (χ3n) is 4.69. The highest BCUT2D eigenvalue weighted by molar-refractivity contribution is 6.02. The Morgan fingerprint density at radius 2 is 1.85 bits per heavy atom. The maximum atomic E-state index is 12.4. The normalized spacial score (nSPS) is 18.6. The van der Waals surface area contributed by atoms with Crippen molar-refractivity contribution in [3.8, 4) is 5.75 Å². The lowest BCUT2D eigenvalue weighted by Crippen LogP contribution is -2.37. The van der Waals surface area contributed by atoms with E-state index in [2.05, 4.69) is 15.1 Å². The summed E-state index contributed by atoms with van der Waals surface area (Å²) < 4.78 is 16.1. The first-order chi connectivity index (χ1) is 13.2. The van der Waals surface area contributed by atoms with Crippen LogP contribution in [0.1, 0.15) is 0 Å². The lowest BCUT2D eigenvalue weighted by Gasteiger charge is -2.31. The number of amides is 1. The monoisotopic (exact) mass is 376 g/mol. The van der Waals surface area contributed by atoms with Gasteiger partial charge in [0.05, 0.1) is 50.6 Å². The number of ether oxygens (including phenoxy) is 3. The fourth-order valence-corrected chi connectivity index (χ4v) is 3.20. The second kappa shape index (κ2) is 9.59. The smallest absolute Gasteiger partial charge is 0.248 e. The number of morpholine rings is 2. The summed E-state index contributed by atoms with van der Waals surface area (Å²) >= 11 is 0. The predicted molar refractivity (Wildman–Crippen MR) is 105 cm³/mol. The van der Waals surface area contributed by atoms with Crippen molar-refractivity contribution >= 4 is 23.0 Å². The topological polar surface area (TPSA) is 89.3 Å². The highest BCUT2D eigenvalue weighted by atomic mass is 16.5. The first kappa shape index (κ1) is 19.5. The summed E-state index contributed by atoms with van der Waals surface area (Å²) in [4.78, 5) is 16.8. The Hall–Kier alpha value is -2.29. The molecule has 3 rings (SSSR count). The molecule has 2 heterocycles. The Labute approximate surface area is 159 Å². The third kappa shape index (κ3) is 5.35. The van der Waals surface area contributed by atoms with E-state index in [1.807, 2.05) is 12.1 Å². The average molecular weight is 376 g/mol. The van der Waals surface area contributed by atoms with Crippen molar-refractivity contribution in [2.45, 2.75) is 0 Å². The van der Waals surface area contributed by atoms with Crippen LogP contribution in [0.3, 0.4) is 0 Å². The number of rotatable bonds is 6. The summed E-state index contributed by atoms with van der Waals surface area (Å²) in [5.74, 6) is 0.416. The van der Waals surface area contributed by atoms with E-state index in [0.29, 0.717) is 30.3 Å². The first-order valence-electron chi connectivity index (χ1n) is 9.25. The van der Waals surface area contributed by atoms with Crippen molar-refractivity contribution in [1.82, 2.24) is 4.90 Å². The SMILES string of the molecule is COc1cc(N2CCOCC2)c(NC(=O)/C=C/CN2CCOCC2)cc1N. The Bertz CT molecular complexity index is 668. The van der Waals surface area contributed by atoms with Gasteiger partial charge in [0.15, 0.2) is 0 Å². The highest BCUT2D eigenvalue weighted by Crippen LogP contribution is 2.35. The van der Waals surface area contributed by atoms with Crippen LogP contribution in [0.2, 0.25) is 0 Å². The molecule has 8 nitrogen and oxygen atoms in total. The van der Waals surface area contributed by atoms with Gasteiger partial charge in [0.1, 0.15) is 5.75 Å². The number of nitrogens with one attached hydrogen (secondary N) is 1. The molecule has 1 amide bonds. The average Bonchev–Trinajstić information content (AvgIpc) is 2.70. The molecule has 0 atom stereocenters. The van der Waals surface area contributed by atoms with Crippen molar-refractivity contribution in [2.24, 2.45) is 0 Å². The van der Waals surface area contributed by atoms with E-state index in [9.17, 15) is 4.79 Å². The Morgan fingerprint density at radius 3 is 2.52 bits per heavy atom. The molecule has 0 aromatic heterocycles. The molecule has 0 unspecified atom stereocenters. The summed E-state index contributed by atoms with van der Waals surface area (Å²) in [5.41, 5.74) is 8.10. The number of anilines is 3. The second-order valence-corrected chi connectivity index (χ2v) is 6.52. The zero-order valence-corrected chi connectivity index (χ0v) is 15.8. The van der Waals surface area contributed by atoms with E-state index >= 15 is 0 Å². The molecule has 8 heteroatoms. The Kier molecular flexibility index (Phi) is 6.92. The van der Waals surface area contributed by atoms with Crippen molar-refractivity contribution in [1.29, 1.82) is 0 Å². The molecule has 2 aliphatic heterocycles. The molecule has 0 spiro atoms. The van der Waals surface area contributed by atoms with E-state index in [1.165, 1.54) is 0 Å². The van der Waals surface area contributed by atoms with Crippen LogP contribution in [0.5, 0.6) is 5.75 Å². The lowest BCUT2D eigenvalue weighted by molar-refractivity contribution is -0.111. The fraction of sp³-hybridized carbons (Fsp3) is 0.526. The second-order valence-electron chi connectivity index (χ2n) is 6.52. The number of methoxy groups -OCH3 is 1. The van der Waals surface area contributed by atoms with Crippen LogP contribution < -0.4 is 20.7 Å². The molecule has 1 aromatic rings. The number of nitrogens with two attached hydrogens (primary N) is 1. The van der Waals surface area contributed by atoms with Crippen LogP contribution in [0, 0.1) is 0 Å². The van der Waals surface area contributed by atoms with E-state index in [0.717, 1.165) is 51.6 Å². The molecule has 2 fully saturated rings. The molecule has 1 aromatic carbocycles. The zero-order valence-electron chi connectivity index (χ0n) is 15.8. The quantitative estimate of drug-likeness (QED) is 0.564. The minimum atomic E-state index is -0.178. The molecule has 0 bridgehead atoms. The van der Waals surface area contributed by atoms with Crippen LogP contribution in [0.4, 0.5) is 17.1 Å². The van der Waals surface area contributed by atoms with Crippen LogP contribution in [-0.4, -0.2) is 77.1 Å². The van der Waals surface area contributed by atoms with E-state index in [-0.39, 0.29) is 5.91 Å². The van der Waals surface area contributed by atoms with Crippen LogP contribution in [0.25, 0.3) is 0 Å². The van der Waals surface area contributed by atoms with Gasteiger partial charge in [-0.05, 0) is 6.07 Å². The summed E-state index contributed by atoms with van der Waals surface area (Å²) in [6.45, 7) is 6.81. The molecule has 0 saturated carbocycles. The summed E-state index contributed by atoms with van der Waals surface area (Å²) in [7, 11) is 1.58. The maximum Gasteiger partial charge on any atom is 0.248 e. The highest BCUT2D eigenvalue weighted by Gasteiger charge is 2.18. The van der Waals surface area contributed by atoms with E-state index in [1.54, 1.807) is 19.3 Å². The van der Waals surface area contributed by atoms with Gasteiger partial charge in [-0.2, -0.15) is 0 Å². The minimum absolute atomic E-state index is 0.178. The van der Waals surface area contributed by atoms with Crippen LogP contribution in [-0.2, 0) is 14.3 Å². The molecule has 0 aliphatic carbocycles. The van der Waals surface area contributed by atoms with Gasteiger partial charge >= 0.3 is 0 Å². The lowest BCUT2D eigenvalue weighted by atomic mass is 10.2. The predicted octanol–water partition coefficient (Wildman–Crippen LogP) is 0.941. The van der Waals surface area contributed by atoms with Crippen LogP contribution >= 0.6 is 0 Å². The van der Waals surface area contributed by atoms with Gasteiger partial charge in [-0.15, -0.1) is 0 Å². The molecule has 2 saturated heterocycles. The summed E-state index contributed by atoms with van der Waals surface area (Å²) in [6, 6.07) is 3.62. The zero-order chi connectivity index (χ0) is 19.1. The van der Waals surface area contributed by atoms with Gasteiger partial charge in [-0.1, -0.05) is 6.08 Å². The van der Waals surface area contributed by atoms with Gasteiger partial charge in [-0.25, -0.2) is 0 Å². The first-order valence-corrected chi connectivity index (χ1v) is 9.25. The largest absolute Gasteiger partial charge is 0.495 e. The molecule has 148 valence electrons. The number of hydrogen-bond donors (Lipinski definition) is 2. The molecular formula is C19H28N4O4. The third-order valence-corrected chi connectivity index (χ3v) is 4.69. The van der Waals surface area contributed by atoms with Crippen molar-refractivity contribution < 1.29 is 19.0 Å². The number of carbonyl (C=O) groups is 1. The number of hydrogen-bond acceptors (Lipinski definition) is 7. The van der Waals surface area contributed by atoms with E-state index < -0.39 is 0 Å². The van der Waals surface area contributed by atoms with Gasteiger partial charge in [0, 0.05) is 44.9 Å². The fourth-order valence-electron chi connectivity index (χ4n) is 3.20. The molecule has 0 radical (unpaired) electrons. The van der Waals surface area contributed by atoms with Gasteiger partial charge in [0.2, 0.25) is 5.91 Å². The molecular weight excluding hydrogens is 348 g/mol. The molecule has 3 N–H and O–H groups in total. The van der Waals surface area contributed by atoms with E-state index in [4.69, 9.17) is 19.9 Å². The summed E-state index contributed by atoms with van der Waals surface area (Å²) in [5, 5.41) is 2.95. The van der Waals surface area contributed by atoms with Crippen molar-refractivity contribution in [2.75, 3.05) is 82.2 Å². The minimum Gasteiger partial charge on any atom is -0.495 e. The van der Waals surface area contributed by atoms with Gasteiger partial charge in [0.25, 0.3) is 0 Å². The standard InChI is InChI=1S/C19H28N4O4/c1-25-18-14-17(23-7-11-27-12-8-23)16(13-15(18)20)21-19(24)3-2-4-22-5-9-26-10-6-22/h2-3,13-14H,4-12,20H2,1H3,(H,21,24)/b3-2+. The van der Waals surface area contributed by atoms with Gasteiger partial charge in [-0.3, -0.25) is 9.69 Å². The maximum absolute atomic E-state index is 12.4. The summed E-state index contributed by atoms with van der Waals surface area (Å²) in [6.07, 6.45) is 3.45. The van der Waals surface area contributed by atoms with Crippen molar-refractivity contribution in [3.63, 3.8) is 0 Å². The molecule has 2 aliphatic rings. The van der Waals surface area contributed by atoms with Crippen molar-refractivity contribution in [3.05, 3.63) is 24.3 Å².